The number of aromatic nitrogens is 3. The summed E-state index contributed by atoms with van der Waals surface area (Å²) in [6, 6.07) is 0. The Labute approximate surface area is 128 Å². The number of hydrogen-bond acceptors (Lipinski definition) is 6. The number of anilines is 1. The standard InChI is InChI=1S/C14H22N4S2/c1-5-7-8-15-14-18-17-13(20-14)11-10(6-2)16-12(19-11)9(3)4/h9H,5-8H2,1-4H3,(H,15,18). The lowest BCUT2D eigenvalue weighted by Gasteiger charge is -1.97. The molecule has 20 heavy (non-hydrogen) atoms. The fourth-order valence-corrected chi connectivity index (χ4v) is 3.80. The lowest BCUT2D eigenvalue weighted by Crippen LogP contribution is -1.99. The maximum atomic E-state index is 4.73. The van der Waals surface area contributed by atoms with Crippen LogP contribution in [0.4, 0.5) is 5.13 Å². The van der Waals surface area contributed by atoms with Gasteiger partial charge in [-0.1, -0.05) is 45.5 Å². The van der Waals surface area contributed by atoms with Crippen LogP contribution in [0.2, 0.25) is 0 Å². The molecule has 1 N–H and O–H groups in total. The van der Waals surface area contributed by atoms with Crippen molar-refractivity contribution in [3.8, 4) is 9.88 Å². The molecule has 2 aromatic rings. The molecule has 0 unspecified atom stereocenters. The van der Waals surface area contributed by atoms with Gasteiger partial charge in [0.15, 0.2) is 5.01 Å². The van der Waals surface area contributed by atoms with Gasteiger partial charge in [-0.05, 0) is 12.8 Å². The topological polar surface area (TPSA) is 50.7 Å². The summed E-state index contributed by atoms with van der Waals surface area (Å²) in [6.45, 7) is 9.65. The van der Waals surface area contributed by atoms with Gasteiger partial charge in [-0.15, -0.1) is 21.5 Å². The highest BCUT2D eigenvalue weighted by molar-refractivity contribution is 7.23. The van der Waals surface area contributed by atoms with E-state index in [4.69, 9.17) is 4.98 Å². The Hall–Kier alpha value is -1.01. The summed E-state index contributed by atoms with van der Waals surface area (Å²) in [6.07, 6.45) is 3.29. The fraction of sp³-hybridized carbons (Fsp3) is 0.643. The Bertz CT molecular complexity index is 545. The summed E-state index contributed by atoms with van der Waals surface area (Å²) in [7, 11) is 0. The second kappa shape index (κ2) is 7.13. The van der Waals surface area contributed by atoms with Gasteiger partial charge in [0.05, 0.1) is 15.6 Å². The molecule has 110 valence electrons. The molecule has 0 aliphatic rings. The lowest BCUT2D eigenvalue weighted by molar-refractivity contribution is 0.831. The Balaban J connectivity index is 2.18. The molecular weight excluding hydrogens is 288 g/mol. The van der Waals surface area contributed by atoms with Crippen LogP contribution in [0, 0.1) is 0 Å². The summed E-state index contributed by atoms with van der Waals surface area (Å²) >= 11 is 3.38. The Morgan fingerprint density at radius 1 is 1.15 bits per heavy atom. The van der Waals surface area contributed by atoms with Crippen molar-refractivity contribution in [1.29, 1.82) is 0 Å². The first kappa shape index (κ1) is 15.4. The van der Waals surface area contributed by atoms with Crippen LogP contribution in [-0.2, 0) is 6.42 Å². The van der Waals surface area contributed by atoms with Gasteiger partial charge in [0.25, 0.3) is 0 Å². The van der Waals surface area contributed by atoms with Gasteiger partial charge in [0.2, 0.25) is 5.13 Å². The van der Waals surface area contributed by atoms with Crippen molar-refractivity contribution in [1.82, 2.24) is 15.2 Å². The molecule has 0 bridgehead atoms. The average Bonchev–Trinajstić information content (AvgIpc) is 3.04. The van der Waals surface area contributed by atoms with Crippen molar-refractivity contribution in [2.45, 2.75) is 52.9 Å². The largest absolute Gasteiger partial charge is 0.360 e. The summed E-state index contributed by atoms with van der Waals surface area (Å²) in [5, 5.41) is 15.0. The molecule has 0 saturated heterocycles. The van der Waals surface area contributed by atoms with Gasteiger partial charge in [-0.2, -0.15) is 0 Å². The predicted molar refractivity (Wildman–Crippen MR) is 87.9 cm³/mol. The zero-order valence-electron chi connectivity index (χ0n) is 12.6. The Kier molecular flexibility index (Phi) is 5.48. The predicted octanol–water partition coefficient (Wildman–Crippen LogP) is 4.56. The highest BCUT2D eigenvalue weighted by Crippen LogP contribution is 2.36. The van der Waals surface area contributed by atoms with Crippen LogP contribution in [0.3, 0.4) is 0 Å². The van der Waals surface area contributed by atoms with Crippen molar-refractivity contribution < 1.29 is 0 Å². The first-order chi connectivity index (χ1) is 9.65. The van der Waals surface area contributed by atoms with E-state index in [1.807, 2.05) is 0 Å². The normalized spacial score (nSPS) is 11.2. The van der Waals surface area contributed by atoms with E-state index < -0.39 is 0 Å². The average molecular weight is 310 g/mol. The van der Waals surface area contributed by atoms with Crippen LogP contribution >= 0.6 is 22.7 Å². The number of nitrogens with one attached hydrogen (secondary N) is 1. The first-order valence-electron chi connectivity index (χ1n) is 7.23. The van der Waals surface area contributed by atoms with E-state index in [9.17, 15) is 0 Å². The summed E-state index contributed by atoms with van der Waals surface area (Å²) < 4.78 is 0. The van der Waals surface area contributed by atoms with Crippen LogP contribution < -0.4 is 5.32 Å². The molecule has 6 heteroatoms. The number of nitrogens with zero attached hydrogens (tertiary/aromatic N) is 3. The summed E-state index contributed by atoms with van der Waals surface area (Å²) in [5.74, 6) is 0.467. The third-order valence-corrected chi connectivity index (χ3v) is 5.40. The van der Waals surface area contributed by atoms with E-state index in [1.165, 1.54) is 16.3 Å². The molecule has 0 spiro atoms. The van der Waals surface area contributed by atoms with Gasteiger partial charge in [0.1, 0.15) is 0 Å². The maximum absolute atomic E-state index is 4.73. The molecule has 2 aromatic heterocycles. The molecule has 0 aromatic carbocycles. The molecule has 0 fully saturated rings. The van der Waals surface area contributed by atoms with Crippen LogP contribution in [0.15, 0.2) is 0 Å². The molecule has 4 nitrogen and oxygen atoms in total. The van der Waals surface area contributed by atoms with Crippen LogP contribution in [0.25, 0.3) is 9.88 Å². The fourth-order valence-electron chi connectivity index (χ4n) is 1.78. The highest BCUT2D eigenvalue weighted by atomic mass is 32.1. The first-order valence-corrected chi connectivity index (χ1v) is 8.86. The second-order valence-electron chi connectivity index (χ2n) is 5.03. The molecule has 2 rings (SSSR count). The van der Waals surface area contributed by atoms with Crippen LogP contribution in [-0.4, -0.2) is 21.7 Å². The van der Waals surface area contributed by atoms with Gasteiger partial charge >= 0.3 is 0 Å². The summed E-state index contributed by atoms with van der Waals surface area (Å²) in [4.78, 5) is 5.92. The quantitative estimate of drug-likeness (QED) is 0.762. The van der Waals surface area contributed by atoms with E-state index in [0.29, 0.717) is 5.92 Å². The zero-order valence-corrected chi connectivity index (χ0v) is 14.2. The van der Waals surface area contributed by atoms with E-state index in [2.05, 4.69) is 43.2 Å². The SMILES string of the molecule is CCCCNc1nnc(-c2sc(C(C)C)nc2CC)s1. The second-order valence-corrected chi connectivity index (χ2v) is 7.04. The summed E-state index contributed by atoms with van der Waals surface area (Å²) in [5.41, 5.74) is 1.15. The van der Waals surface area contributed by atoms with Gasteiger partial charge < -0.3 is 5.32 Å². The van der Waals surface area contributed by atoms with Gasteiger partial charge in [-0.3, -0.25) is 0 Å². The van der Waals surface area contributed by atoms with E-state index in [1.54, 1.807) is 22.7 Å². The Morgan fingerprint density at radius 2 is 1.95 bits per heavy atom. The lowest BCUT2D eigenvalue weighted by atomic mass is 10.2. The van der Waals surface area contributed by atoms with Gasteiger partial charge in [0, 0.05) is 12.5 Å². The van der Waals surface area contributed by atoms with Gasteiger partial charge in [-0.25, -0.2) is 4.98 Å². The van der Waals surface area contributed by atoms with Crippen molar-refractivity contribution in [3.05, 3.63) is 10.7 Å². The Morgan fingerprint density at radius 3 is 2.60 bits per heavy atom. The maximum Gasteiger partial charge on any atom is 0.206 e. The van der Waals surface area contributed by atoms with Crippen molar-refractivity contribution in [2.75, 3.05) is 11.9 Å². The molecule has 0 aliphatic heterocycles. The van der Waals surface area contributed by atoms with Crippen molar-refractivity contribution in [2.24, 2.45) is 0 Å². The van der Waals surface area contributed by atoms with Crippen LogP contribution in [0.5, 0.6) is 0 Å². The monoisotopic (exact) mass is 310 g/mol. The molecule has 0 amide bonds. The minimum atomic E-state index is 0.467. The molecule has 0 atom stereocenters. The van der Waals surface area contributed by atoms with Crippen molar-refractivity contribution in [3.63, 3.8) is 0 Å². The van der Waals surface area contributed by atoms with E-state index in [0.717, 1.165) is 35.2 Å². The minimum Gasteiger partial charge on any atom is -0.360 e. The van der Waals surface area contributed by atoms with Crippen molar-refractivity contribution >= 4 is 27.8 Å². The number of aryl methyl sites for hydroxylation is 1. The highest BCUT2D eigenvalue weighted by Gasteiger charge is 2.17. The number of thiazole rings is 1. The van der Waals surface area contributed by atoms with E-state index in [-0.39, 0.29) is 0 Å². The smallest absolute Gasteiger partial charge is 0.206 e. The number of unbranched alkanes of at least 4 members (excludes halogenated alkanes) is 1. The zero-order chi connectivity index (χ0) is 14.5. The van der Waals surface area contributed by atoms with Crippen LogP contribution in [0.1, 0.15) is 57.2 Å². The molecular formula is C14H22N4S2. The molecule has 0 radical (unpaired) electrons. The van der Waals surface area contributed by atoms with E-state index >= 15 is 0 Å². The third-order valence-electron chi connectivity index (χ3n) is 2.97. The third kappa shape index (κ3) is 3.55. The number of hydrogen-bond donors (Lipinski definition) is 1. The minimum absolute atomic E-state index is 0.467. The molecule has 2 heterocycles. The molecule has 0 saturated carbocycles. The molecule has 0 aliphatic carbocycles. The number of rotatable bonds is 7.